The van der Waals surface area contributed by atoms with Gasteiger partial charge in [0.15, 0.2) is 11.5 Å². The number of hydrogen-bond donors (Lipinski definition) is 3. The molecule has 1 heterocycles. The van der Waals surface area contributed by atoms with E-state index in [0.717, 1.165) is 31.6 Å². The fraction of sp³-hybridized carbons (Fsp3) is 0.538. The molecule has 0 amide bonds. The Balaban J connectivity index is 2.18. The molecule has 7 heteroatoms. The zero-order chi connectivity index (χ0) is 14.8. The molecule has 0 saturated carbocycles. The maximum Gasteiger partial charge on any atom is 0.265 e. The van der Waals surface area contributed by atoms with Crippen LogP contribution < -0.4 is 4.48 Å². The summed E-state index contributed by atoms with van der Waals surface area (Å²) in [5.74, 6) is -0.581. The van der Waals surface area contributed by atoms with Gasteiger partial charge in [-0.25, -0.2) is 0 Å². The van der Waals surface area contributed by atoms with Gasteiger partial charge in [-0.1, -0.05) is 0 Å². The van der Waals surface area contributed by atoms with Crippen molar-refractivity contribution in [1.82, 2.24) is 4.48 Å². The van der Waals surface area contributed by atoms with Gasteiger partial charge in [-0.2, -0.15) is 8.42 Å². The number of phenols is 2. The second-order valence-corrected chi connectivity index (χ2v) is 6.91. The summed E-state index contributed by atoms with van der Waals surface area (Å²) in [6.07, 6.45) is 2.43. The van der Waals surface area contributed by atoms with E-state index in [1.165, 1.54) is 12.1 Å². The van der Waals surface area contributed by atoms with Gasteiger partial charge in [0.05, 0.1) is 25.4 Å². The van der Waals surface area contributed by atoms with Crippen molar-refractivity contribution in [3.63, 3.8) is 0 Å². The molecule has 0 unspecified atom stereocenters. The second kappa shape index (κ2) is 5.59. The normalized spacial score (nSPS) is 18.2. The Labute approximate surface area is 118 Å². The molecule has 1 aromatic carbocycles. The Morgan fingerprint density at radius 2 is 1.75 bits per heavy atom. The van der Waals surface area contributed by atoms with E-state index in [0.29, 0.717) is 17.4 Å². The van der Waals surface area contributed by atoms with E-state index in [-0.39, 0.29) is 17.3 Å². The molecule has 0 aromatic heterocycles. The lowest BCUT2D eigenvalue weighted by atomic mass is 10.2. The third-order valence-electron chi connectivity index (χ3n) is 3.92. The molecule has 6 nitrogen and oxygen atoms in total. The highest BCUT2D eigenvalue weighted by atomic mass is 32.2. The van der Waals surface area contributed by atoms with Crippen molar-refractivity contribution >= 4 is 15.8 Å². The van der Waals surface area contributed by atoms with Crippen LogP contribution in [0, 0.1) is 0 Å². The molecule has 1 aromatic rings. The van der Waals surface area contributed by atoms with Gasteiger partial charge in [0.1, 0.15) is 5.69 Å². The molecule has 2 rings (SSSR count). The maximum atomic E-state index is 10.8. The molecule has 112 valence electrons. The van der Waals surface area contributed by atoms with Crippen molar-refractivity contribution in [2.75, 3.05) is 25.4 Å². The lowest BCUT2D eigenvalue weighted by Gasteiger charge is -2.33. The lowest BCUT2D eigenvalue weighted by molar-refractivity contribution is 0.329. The molecular formula is C13H20NO5S+. The summed E-state index contributed by atoms with van der Waals surface area (Å²) in [5, 5.41) is 19.0. The molecule has 3 N–H and O–H groups in total. The zero-order valence-electron chi connectivity index (χ0n) is 11.2. The van der Waals surface area contributed by atoms with Crippen LogP contribution in [-0.4, -0.2) is 48.6 Å². The summed E-state index contributed by atoms with van der Waals surface area (Å²) >= 11 is 0. The first-order valence-corrected chi connectivity index (χ1v) is 8.27. The Bertz CT molecular complexity index is 578. The lowest BCUT2D eigenvalue weighted by Crippen LogP contribution is -2.47. The predicted molar refractivity (Wildman–Crippen MR) is 76.4 cm³/mol. The number of quaternary nitrogens is 1. The van der Waals surface area contributed by atoms with E-state index in [9.17, 15) is 18.6 Å². The Morgan fingerprint density at radius 1 is 1.10 bits per heavy atom. The maximum absolute atomic E-state index is 10.8. The summed E-state index contributed by atoms with van der Waals surface area (Å²) in [7, 11) is -3.94. The number of phenolic OH excluding ortho intramolecular Hbond substituents is 2. The standard InChI is InChI=1S/C13H19NO5S/c15-12-5-4-11(10-13(12)16)14(6-1-2-7-14)8-3-9-20(17,18)19/h4-5,10H,1-3,6-9H2,(H2-,15,16,17,18,19)/p+1. The monoisotopic (exact) mass is 302 g/mol. The molecule has 1 aliphatic heterocycles. The highest BCUT2D eigenvalue weighted by Crippen LogP contribution is 2.36. The van der Waals surface area contributed by atoms with Gasteiger partial charge in [0.25, 0.3) is 10.1 Å². The first kappa shape index (κ1) is 15.1. The van der Waals surface area contributed by atoms with Gasteiger partial charge < -0.3 is 10.2 Å². The molecule has 0 bridgehead atoms. The van der Waals surface area contributed by atoms with E-state index < -0.39 is 10.1 Å². The molecule has 0 atom stereocenters. The first-order valence-electron chi connectivity index (χ1n) is 6.66. The highest BCUT2D eigenvalue weighted by molar-refractivity contribution is 7.85. The van der Waals surface area contributed by atoms with Gasteiger partial charge in [-0.3, -0.25) is 9.04 Å². The van der Waals surface area contributed by atoms with Crippen LogP contribution >= 0.6 is 0 Å². The van der Waals surface area contributed by atoms with Crippen LogP contribution in [0.3, 0.4) is 0 Å². The summed E-state index contributed by atoms with van der Waals surface area (Å²) in [6.45, 7) is 2.33. The minimum absolute atomic E-state index is 0.163. The van der Waals surface area contributed by atoms with Crippen molar-refractivity contribution in [2.45, 2.75) is 19.3 Å². The Hall–Kier alpha value is -1.31. The fourth-order valence-corrected chi connectivity index (χ4v) is 3.40. The van der Waals surface area contributed by atoms with E-state index >= 15 is 0 Å². The molecule has 1 saturated heterocycles. The van der Waals surface area contributed by atoms with Crippen LogP contribution in [0.4, 0.5) is 5.69 Å². The number of nitrogens with zero attached hydrogens (tertiary/aromatic N) is 1. The first-order chi connectivity index (χ1) is 9.32. The largest absolute Gasteiger partial charge is 0.504 e. The molecule has 20 heavy (non-hydrogen) atoms. The van der Waals surface area contributed by atoms with E-state index in [1.54, 1.807) is 6.07 Å². The summed E-state index contributed by atoms with van der Waals surface area (Å²) < 4.78 is 31.0. The fourth-order valence-electron chi connectivity index (χ4n) is 2.91. The molecular weight excluding hydrogens is 282 g/mol. The molecule has 0 radical (unpaired) electrons. The summed E-state index contributed by atoms with van der Waals surface area (Å²) in [6, 6.07) is 4.74. The summed E-state index contributed by atoms with van der Waals surface area (Å²) in [4.78, 5) is 0. The molecule has 1 aliphatic rings. The van der Waals surface area contributed by atoms with E-state index in [4.69, 9.17) is 4.55 Å². The average molecular weight is 302 g/mol. The van der Waals surface area contributed by atoms with Crippen LogP contribution in [0.15, 0.2) is 18.2 Å². The smallest absolute Gasteiger partial charge is 0.265 e. The third kappa shape index (κ3) is 3.41. The highest BCUT2D eigenvalue weighted by Gasteiger charge is 2.34. The third-order valence-corrected chi connectivity index (χ3v) is 4.72. The molecule has 1 fully saturated rings. The van der Waals surface area contributed by atoms with Gasteiger partial charge >= 0.3 is 0 Å². The van der Waals surface area contributed by atoms with Crippen molar-refractivity contribution in [2.24, 2.45) is 0 Å². The van der Waals surface area contributed by atoms with Crippen molar-refractivity contribution in [1.29, 1.82) is 0 Å². The van der Waals surface area contributed by atoms with Gasteiger partial charge in [0, 0.05) is 31.4 Å². The van der Waals surface area contributed by atoms with E-state index in [1.807, 2.05) is 0 Å². The van der Waals surface area contributed by atoms with Crippen LogP contribution in [0.1, 0.15) is 19.3 Å². The van der Waals surface area contributed by atoms with Crippen LogP contribution in [0.25, 0.3) is 0 Å². The van der Waals surface area contributed by atoms with E-state index in [2.05, 4.69) is 0 Å². The number of aromatic hydroxyl groups is 2. The van der Waals surface area contributed by atoms with Crippen molar-refractivity contribution in [3.05, 3.63) is 18.2 Å². The van der Waals surface area contributed by atoms with Gasteiger partial charge in [-0.15, -0.1) is 0 Å². The quantitative estimate of drug-likeness (QED) is 0.435. The number of hydrogen-bond acceptors (Lipinski definition) is 4. The molecule has 0 aliphatic carbocycles. The zero-order valence-corrected chi connectivity index (χ0v) is 12.0. The number of benzene rings is 1. The SMILES string of the molecule is O=S(=O)(O)CCC[N+]1(c2ccc(O)c(O)c2)CCCC1. The Kier molecular flexibility index (Phi) is 4.22. The topological polar surface area (TPSA) is 94.8 Å². The Morgan fingerprint density at radius 3 is 2.30 bits per heavy atom. The van der Waals surface area contributed by atoms with Crippen LogP contribution in [0.2, 0.25) is 0 Å². The number of rotatable bonds is 5. The molecule has 0 spiro atoms. The average Bonchev–Trinajstić information content (AvgIpc) is 2.81. The van der Waals surface area contributed by atoms with Crippen molar-refractivity contribution in [3.8, 4) is 11.5 Å². The second-order valence-electron chi connectivity index (χ2n) is 5.34. The van der Waals surface area contributed by atoms with Crippen LogP contribution in [0.5, 0.6) is 11.5 Å². The summed E-state index contributed by atoms with van der Waals surface area (Å²) in [5.41, 5.74) is 0.869. The van der Waals surface area contributed by atoms with Crippen molar-refractivity contribution < 1.29 is 23.2 Å². The minimum Gasteiger partial charge on any atom is -0.504 e. The van der Waals surface area contributed by atoms with Crippen LogP contribution in [-0.2, 0) is 10.1 Å². The van der Waals surface area contributed by atoms with Gasteiger partial charge in [0.2, 0.25) is 0 Å². The predicted octanol–water partition coefficient (Wildman–Crippen LogP) is 1.48. The minimum atomic E-state index is -3.94. The van der Waals surface area contributed by atoms with Gasteiger partial charge in [-0.05, 0) is 6.07 Å². The number of likely N-dealkylation sites (tertiary alicyclic amines) is 1.